The number of amides is 1. The fourth-order valence-electron chi connectivity index (χ4n) is 2.06. The molecule has 18 heavy (non-hydrogen) atoms. The minimum atomic E-state index is 0.0356. The van der Waals surface area contributed by atoms with Gasteiger partial charge in [0.15, 0.2) is 0 Å². The molecule has 0 saturated carbocycles. The lowest BCUT2D eigenvalue weighted by molar-refractivity contribution is 0.0715. The normalized spacial score (nSPS) is 19.7. The van der Waals surface area contributed by atoms with Crippen LogP contribution >= 0.6 is 11.8 Å². The number of carbonyl (C=O) groups is 1. The number of hydrogen-bond donors (Lipinski definition) is 1. The molecule has 1 heterocycles. The van der Waals surface area contributed by atoms with Gasteiger partial charge in [-0.15, -0.1) is 0 Å². The molecule has 1 aliphatic rings. The van der Waals surface area contributed by atoms with Gasteiger partial charge in [-0.05, 0) is 19.1 Å². The van der Waals surface area contributed by atoms with Crippen LogP contribution in [0.3, 0.4) is 0 Å². The van der Waals surface area contributed by atoms with Gasteiger partial charge in [0.05, 0.1) is 7.11 Å². The zero-order valence-electron chi connectivity index (χ0n) is 10.7. The highest BCUT2D eigenvalue weighted by atomic mass is 32.2. The Morgan fingerprint density at radius 2 is 2.28 bits per heavy atom. The maximum Gasteiger partial charge on any atom is 0.254 e. The van der Waals surface area contributed by atoms with Crippen molar-refractivity contribution < 1.29 is 9.53 Å². The molecule has 0 spiro atoms. The lowest BCUT2D eigenvalue weighted by atomic mass is 10.1. The zero-order chi connectivity index (χ0) is 13.1. The van der Waals surface area contributed by atoms with E-state index in [-0.39, 0.29) is 11.9 Å². The van der Waals surface area contributed by atoms with Gasteiger partial charge >= 0.3 is 0 Å². The summed E-state index contributed by atoms with van der Waals surface area (Å²) in [5, 5.41) is 0. The molecule has 1 aromatic carbocycles. The van der Waals surface area contributed by atoms with Gasteiger partial charge in [-0.2, -0.15) is 11.8 Å². The second-order valence-electron chi connectivity index (χ2n) is 4.42. The van der Waals surface area contributed by atoms with E-state index in [0.717, 1.165) is 18.1 Å². The number of carbonyl (C=O) groups excluding carboxylic acids is 1. The monoisotopic (exact) mass is 266 g/mol. The highest BCUT2D eigenvalue weighted by Gasteiger charge is 2.24. The molecule has 0 aliphatic carbocycles. The van der Waals surface area contributed by atoms with Crippen molar-refractivity contribution >= 4 is 23.4 Å². The molecule has 1 saturated heterocycles. The van der Waals surface area contributed by atoms with Gasteiger partial charge in [0.25, 0.3) is 5.91 Å². The first-order valence-corrected chi connectivity index (χ1v) is 7.10. The number of nitrogens with two attached hydrogens (primary N) is 1. The summed E-state index contributed by atoms with van der Waals surface area (Å²) >= 11 is 1.89. The molecule has 0 bridgehead atoms. The lowest BCUT2D eigenvalue weighted by Crippen LogP contribution is -2.44. The van der Waals surface area contributed by atoms with Crippen molar-refractivity contribution in [2.24, 2.45) is 0 Å². The molecular formula is C13H18N2O2S. The number of rotatable bonds is 2. The van der Waals surface area contributed by atoms with E-state index < -0.39 is 0 Å². The molecule has 1 amide bonds. The minimum absolute atomic E-state index is 0.0356. The molecule has 1 unspecified atom stereocenters. The number of methoxy groups -OCH3 is 1. The minimum Gasteiger partial charge on any atom is -0.497 e. The van der Waals surface area contributed by atoms with Crippen LogP contribution in [0.25, 0.3) is 0 Å². The van der Waals surface area contributed by atoms with Gasteiger partial charge in [0.2, 0.25) is 0 Å². The fraction of sp³-hybridized carbons (Fsp3) is 0.462. The summed E-state index contributed by atoms with van der Waals surface area (Å²) in [5.74, 6) is 2.64. The molecule has 1 aliphatic heterocycles. The van der Waals surface area contributed by atoms with Crippen LogP contribution in [-0.4, -0.2) is 42.0 Å². The van der Waals surface area contributed by atoms with Gasteiger partial charge in [0, 0.05) is 41.4 Å². The van der Waals surface area contributed by atoms with Gasteiger partial charge in [-0.1, -0.05) is 0 Å². The van der Waals surface area contributed by atoms with Crippen molar-refractivity contribution in [3.8, 4) is 5.75 Å². The quantitative estimate of drug-likeness (QED) is 0.830. The van der Waals surface area contributed by atoms with E-state index in [1.54, 1.807) is 25.3 Å². The second kappa shape index (κ2) is 5.52. The van der Waals surface area contributed by atoms with E-state index in [2.05, 4.69) is 6.92 Å². The number of thioether (sulfide) groups is 1. The number of nitrogen functional groups attached to an aromatic ring is 1. The standard InChI is InChI=1S/C13H18N2O2S/c1-9-8-18-4-3-15(9)13(16)10-5-11(14)7-12(6-10)17-2/h5-7,9H,3-4,8,14H2,1-2H3. The summed E-state index contributed by atoms with van der Waals surface area (Å²) in [6, 6.07) is 5.43. The first-order chi connectivity index (χ1) is 8.61. The maximum absolute atomic E-state index is 12.4. The van der Waals surface area contributed by atoms with Crippen LogP contribution in [0.15, 0.2) is 18.2 Å². The van der Waals surface area contributed by atoms with Crippen LogP contribution in [0.2, 0.25) is 0 Å². The summed E-state index contributed by atoms with van der Waals surface area (Å²) in [4.78, 5) is 14.3. The predicted molar refractivity (Wildman–Crippen MR) is 75.2 cm³/mol. The van der Waals surface area contributed by atoms with Crippen molar-refractivity contribution in [1.29, 1.82) is 0 Å². The highest BCUT2D eigenvalue weighted by Crippen LogP contribution is 2.23. The Kier molecular flexibility index (Phi) is 4.01. The third-order valence-corrected chi connectivity index (χ3v) is 4.23. The Labute approximate surface area is 111 Å². The molecule has 4 nitrogen and oxygen atoms in total. The molecule has 98 valence electrons. The van der Waals surface area contributed by atoms with E-state index in [1.807, 2.05) is 16.7 Å². The summed E-state index contributed by atoms with van der Waals surface area (Å²) < 4.78 is 5.15. The molecule has 2 N–H and O–H groups in total. The Hall–Kier alpha value is -1.36. The molecular weight excluding hydrogens is 248 g/mol. The van der Waals surface area contributed by atoms with E-state index in [4.69, 9.17) is 10.5 Å². The lowest BCUT2D eigenvalue weighted by Gasteiger charge is -2.33. The topological polar surface area (TPSA) is 55.6 Å². The van der Waals surface area contributed by atoms with Crippen LogP contribution in [-0.2, 0) is 0 Å². The average molecular weight is 266 g/mol. The second-order valence-corrected chi connectivity index (χ2v) is 5.57. The van der Waals surface area contributed by atoms with E-state index in [1.165, 1.54) is 0 Å². The third-order valence-electron chi connectivity index (χ3n) is 3.04. The maximum atomic E-state index is 12.4. The summed E-state index contributed by atoms with van der Waals surface area (Å²) in [6.45, 7) is 2.87. The van der Waals surface area contributed by atoms with Crippen LogP contribution < -0.4 is 10.5 Å². The Balaban J connectivity index is 2.24. The molecule has 0 radical (unpaired) electrons. The molecule has 5 heteroatoms. The van der Waals surface area contributed by atoms with Gasteiger partial charge in [0.1, 0.15) is 5.75 Å². The highest BCUT2D eigenvalue weighted by molar-refractivity contribution is 7.99. The molecule has 2 rings (SSSR count). The summed E-state index contributed by atoms with van der Waals surface area (Å²) in [7, 11) is 1.57. The number of anilines is 1. The number of nitrogens with zero attached hydrogens (tertiary/aromatic N) is 1. The zero-order valence-corrected chi connectivity index (χ0v) is 11.5. The first-order valence-electron chi connectivity index (χ1n) is 5.95. The van der Waals surface area contributed by atoms with Crippen LogP contribution in [0.4, 0.5) is 5.69 Å². The van der Waals surface area contributed by atoms with E-state index in [0.29, 0.717) is 17.0 Å². The Bertz CT molecular complexity index is 451. The van der Waals surface area contributed by atoms with Crippen LogP contribution in [0, 0.1) is 0 Å². The van der Waals surface area contributed by atoms with Crippen molar-refractivity contribution in [1.82, 2.24) is 4.90 Å². The van der Waals surface area contributed by atoms with Crippen LogP contribution in [0.5, 0.6) is 5.75 Å². The van der Waals surface area contributed by atoms with Crippen LogP contribution in [0.1, 0.15) is 17.3 Å². The Morgan fingerprint density at radius 3 is 2.94 bits per heavy atom. The van der Waals surface area contributed by atoms with E-state index >= 15 is 0 Å². The number of ether oxygens (including phenoxy) is 1. The summed E-state index contributed by atoms with van der Waals surface area (Å²) in [5.41, 5.74) is 6.94. The smallest absolute Gasteiger partial charge is 0.254 e. The van der Waals surface area contributed by atoms with Crippen molar-refractivity contribution in [3.05, 3.63) is 23.8 Å². The van der Waals surface area contributed by atoms with Gasteiger partial charge < -0.3 is 15.4 Å². The van der Waals surface area contributed by atoms with Gasteiger partial charge in [-0.3, -0.25) is 4.79 Å². The third kappa shape index (κ3) is 2.72. The van der Waals surface area contributed by atoms with Crippen molar-refractivity contribution in [2.45, 2.75) is 13.0 Å². The SMILES string of the molecule is COc1cc(N)cc(C(=O)N2CCSCC2C)c1. The molecule has 1 atom stereocenters. The number of hydrogen-bond acceptors (Lipinski definition) is 4. The first kappa shape index (κ1) is 13.1. The largest absolute Gasteiger partial charge is 0.497 e. The number of benzene rings is 1. The molecule has 1 fully saturated rings. The Morgan fingerprint density at radius 1 is 1.50 bits per heavy atom. The molecule has 1 aromatic rings. The average Bonchev–Trinajstić information content (AvgIpc) is 2.37. The fourth-order valence-corrected chi connectivity index (χ4v) is 3.07. The van der Waals surface area contributed by atoms with Gasteiger partial charge in [-0.25, -0.2) is 0 Å². The molecule has 0 aromatic heterocycles. The van der Waals surface area contributed by atoms with E-state index in [9.17, 15) is 4.79 Å². The summed E-state index contributed by atoms with van der Waals surface area (Å²) in [6.07, 6.45) is 0. The van der Waals surface area contributed by atoms with Crippen molar-refractivity contribution in [2.75, 3.05) is 30.9 Å². The van der Waals surface area contributed by atoms with Crippen molar-refractivity contribution in [3.63, 3.8) is 0 Å². The predicted octanol–water partition coefficient (Wildman–Crippen LogP) is 1.85.